The SMILES string of the molecule is CCN(CCCNC(C)c1cnn(C)c1)S(C)(=O)=O. The Bertz CT molecular complexity index is 484. The van der Waals surface area contributed by atoms with Crippen molar-refractivity contribution in [3.63, 3.8) is 0 Å². The van der Waals surface area contributed by atoms with Gasteiger partial charge in [-0.2, -0.15) is 5.10 Å². The zero-order valence-corrected chi connectivity index (χ0v) is 12.9. The van der Waals surface area contributed by atoms with Gasteiger partial charge in [-0.1, -0.05) is 6.92 Å². The topological polar surface area (TPSA) is 67.2 Å². The number of aryl methyl sites for hydroxylation is 1. The van der Waals surface area contributed by atoms with E-state index in [1.54, 1.807) is 4.68 Å². The van der Waals surface area contributed by atoms with E-state index in [1.807, 2.05) is 26.4 Å². The molecule has 1 heterocycles. The maximum Gasteiger partial charge on any atom is 0.211 e. The molecule has 7 heteroatoms. The summed E-state index contributed by atoms with van der Waals surface area (Å²) in [5.74, 6) is 0. The Balaban J connectivity index is 2.31. The van der Waals surface area contributed by atoms with E-state index in [-0.39, 0.29) is 6.04 Å². The van der Waals surface area contributed by atoms with Crippen molar-refractivity contribution in [1.82, 2.24) is 19.4 Å². The van der Waals surface area contributed by atoms with E-state index in [4.69, 9.17) is 0 Å². The summed E-state index contributed by atoms with van der Waals surface area (Å²) in [5.41, 5.74) is 1.14. The van der Waals surface area contributed by atoms with Crippen LogP contribution in [0.25, 0.3) is 0 Å². The van der Waals surface area contributed by atoms with Crippen molar-refractivity contribution in [2.24, 2.45) is 7.05 Å². The summed E-state index contributed by atoms with van der Waals surface area (Å²) < 4.78 is 26.1. The average molecular weight is 288 g/mol. The first kappa shape index (κ1) is 16.1. The molecule has 1 aromatic heterocycles. The largest absolute Gasteiger partial charge is 0.310 e. The van der Waals surface area contributed by atoms with E-state index in [2.05, 4.69) is 17.3 Å². The highest BCUT2D eigenvalue weighted by Gasteiger charge is 2.13. The van der Waals surface area contributed by atoms with E-state index in [9.17, 15) is 8.42 Å². The summed E-state index contributed by atoms with van der Waals surface area (Å²) in [6.45, 7) is 5.79. The lowest BCUT2D eigenvalue weighted by Crippen LogP contribution is -2.32. The van der Waals surface area contributed by atoms with Crippen LogP contribution in [0, 0.1) is 0 Å². The van der Waals surface area contributed by atoms with Gasteiger partial charge < -0.3 is 5.32 Å². The highest BCUT2D eigenvalue weighted by atomic mass is 32.2. The zero-order chi connectivity index (χ0) is 14.5. The van der Waals surface area contributed by atoms with Gasteiger partial charge in [-0.05, 0) is 19.9 Å². The van der Waals surface area contributed by atoms with Gasteiger partial charge in [0.25, 0.3) is 0 Å². The van der Waals surface area contributed by atoms with Gasteiger partial charge in [-0.15, -0.1) is 0 Å². The fourth-order valence-electron chi connectivity index (χ4n) is 1.91. The molecule has 6 nitrogen and oxygen atoms in total. The van der Waals surface area contributed by atoms with Crippen LogP contribution in [-0.4, -0.2) is 48.4 Å². The lowest BCUT2D eigenvalue weighted by atomic mass is 10.2. The fraction of sp³-hybridized carbons (Fsp3) is 0.750. The Morgan fingerprint density at radius 2 is 2.21 bits per heavy atom. The molecule has 1 aromatic rings. The third-order valence-electron chi connectivity index (χ3n) is 3.08. The monoisotopic (exact) mass is 288 g/mol. The summed E-state index contributed by atoms with van der Waals surface area (Å²) in [7, 11) is -1.18. The molecule has 0 amide bonds. The summed E-state index contributed by atoms with van der Waals surface area (Å²) >= 11 is 0. The van der Waals surface area contributed by atoms with E-state index >= 15 is 0 Å². The molecular formula is C12H24N4O2S. The summed E-state index contributed by atoms with van der Waals surface area (Å²) in [5, 5.41) is 7.50. The molecule has 0 spiro atoms. The number of nitrogens with one attached hydrogen (secondary N) is 1. The van der Waals surface area contributed by atoms with Crippen LogP contribution >= 0.6 is 0 Å². The minimum Gasteiger partial charge on any atom is -0.310 e. The summed E-state index contributed by atoms with van der Waals surface area (Å²) in [4.78, 5) is 0. The number of aromatic nitrogens is 2. The van der Waals surface area contributed by atoms with E-state index in [0.29, 0.717) is 13.1 Å². The molecule has 0 fully saturated rings. The second-order valence-electron chi connectivity index (χ2n) is 4.73. The van der Waals surface area contributed by atoms with Crippen LogP contribution in [0.2, 0.25) is 0 Å². The number of hydrogen-bond donors (Lipinski definition) is 1. The van der Waals surface area contributed by atoms with Gasteiger partial charge in [0.15, 0.2) is 0 Å². The average Bonchev–Trinajstić information content (AvgIpc) is 2.74. The molecule has 0 aliphatic rings. The van der Waals surface area contributed by atoms with Crippen molar-refractivity contribution in [3.05, 3.63) is 18.0 Å². The van der Waals surface area contributed by atoms with Crippen molar-refractivity contribution in [2.75, 3.05) is 25.9 Å². The second-order valence-corrected chi connectivity index (χ2v) is 6.71. The van der Waals surface area contributed by atoms with Crippen molar-refractivity contribution < 1.29 is 8.42 Å². The minimum absolute atomic E-state index is 0.224. The van der Waals surface area contributed by atoms with Crippen molar-refractivity contribution in [2.45, 2.75) is 26.3 Å². The highest BCUT2D eigenvalue weighted by molar-refractivity contribution is 7.88. The Hall–Kier alpha value is -0.920. The van der Waals surface area contributed by atoms with Gasteiger partial charge in [0.2, 0.25) is 10.0 Å². The first-order valence-electron chi connectivity index (χ1n) is 6.51. The van der Waals surface area contributed by atoms with Crippen molar-refractivity contribution in [1.29, 1.82) is 0 Å². The molecule has 0 aliphatic carbocycles. The quantitative estimate of drug-likeness (QED) is 0.717. The summed E-state index contributed by atoms with van der Waals surface area (Å²) in [6, 6.07) is 0.224. The van der Waals surface area contributed by atoms with E-state index in [1.165, 1.54) is 10.6 Å². The van der Waals surface area contributed by atoms with Gasteiger partial charge >= 0.3 is 0 Å². The lowest BCUT2D eigenvalue weighted by molar-refractivity contribution is 0.413. The van der Waals surface area contributed by atoms with Crippen molar-refractivity contribution in [3.8, 4) is 0 Å². The predicted molar refractivity (Wildman–Crippen MR) is 76.3 cm³/mol. The van der Waals surface area contributed by atoms with Gasteiger partial charge in [0, 0.05) is 37.9 Å². The molecule has 0 aromatic carbocycles. The fourth-order valence-corrected chi connectivity index (χ4v) is 2.84. The molecule has 1 unspecified atom stereocenters. The second kappa shape index (κ2) is 7.02. The van der Waals surface area contributed by atoms with Crippen LogP contribution in [0.3, 0.4) is 0 Å². The summed E-state index contributed by atoms with van der Waals surface area (Å²) in [6.07, 6.45) is 5.87. The molecule has 19 heavy (non-hydrogen) atoms. The molecule has 110 valence electrons. The maximum absolute atomic E-state index is 11.4. The molecule has 0 aliphatic heterocycles. The predicted octanol–water partition coefficient (Wildman–Crippen LogP) is 0.742. The molecule has 1 rings (SSSR count). The van der Waals surface area contributed by atoms with Gasteiger partial charge in [0.05, 0.1) is 12.5 Å². The highest BCUT2D eigenvalue weighted by Crippen LogP contribution is 2.10. The van der Waals surface area contributed by atoms with E-state index in [0.717, 1.165) is 18.5 Å². The Labute approximate surface area is 115 Å². The van der Waals surface area contributed by atoms with Gasteiger partial charge in [-0.3, -0.25) is 4.68 Å². The molecule has 0 saturated carbocycles. The number of sulfonamides is 1. The Kier molecular flexibility index (Phi) is 5.96. The van der Waals surface area contributed by atoms with E-state index < -0.39 is 10.0 Å². The standard InChI is InChI=1S/C12H24N4O2S/c1-5-16(19(4,17)18)8-6-7-13-11(2)12-9-14-15(3)10-12/h9-11,13H,5-8H2,1-4H3. The molecule has 1 N–H and O–H groups in total. The molecular weight excluding hydrogens is 264 g/mol. The first-order chi connectivity index (χ1) is 8.84. The number of nitrogens with zero attached hydrogens (tertiary/aromatic N) is 3. The lowest BCUT2D eigenvalue weighted by Gasteiger charge is -2.18. The van der Waals surface area contributed by atoms with Crippen molar-refractivity contribution >= 4 is 10.0 Å². The number of rotatable bonds is 8. The van der Waals surface area contributed by atoms with Crippen LogP contribution in [0.15, 0.2) is 12.4 Å². The smallest absolute Gasteiger partial charge is 0.211 e. The third-order valence-corrected chi connectivity index (χ3v) is 4.46. The molecule has 0 radical (unpaired) electrons. The van der Waals surface area contributed by atoms with Gasteiger partial charge in [-0.25, -0.2) is 12.7 Å². The van der Waals surface area contributed by atoms with Crippen LogP contribution in [0.1, 0.15) is 31.9 Å². The molecule has 0 saturated heterocycles. The van der Waals surface area contributed by atoms with Crippen LogP contribution in [0.4, 0.5) is 0 Å². The van der Waals surface area contributed by atoms with Crippen LogP contribution in [-0.2, 0) is 17.1 Å². The Morgan fingerprint density at radius 3 is 2.68 bits per heavy atom. The molecule has 1 atom stereocenters. The number of hydrogen-bond acceptors (Lipinski definition) is 4. The third kappa shape index (κ3) is 5.30. The normalized spacial score (nSPS) is 13.9. The maximum atomic E-state index is 11.4. The zero-order valence-electron chi connectivity index (χ0n) is 12.1. The first-order valence-corrected chi connectivity index (χ1v) is 8.36. The van der Waals surface area contributed by atoms with Gasteiger partial charge in [0.1, 0.15) is 0 Å². The Morgan fingerprint density at radius 1 is 1.53 bits per heavy atom. The van der Waals surface area contributed by atoms with Crippen LogP contribution < -0.4 is 5.32 Å². The minimum atomic E-state index is -3.07. The molecule has 0 bridgehead atoms. The van der Waals surface area contributed by atoms with Crippen LogP contribution in [0.5, 0.6) is 0 Å².